The summed E-state index contributed by atoms with van der Waals surface area (Å²) in [5.41, 5.74) is 2.26. The molecule has 1 atom stereocenters. The molecule has 1 saturated heterocycles. The Morgan fingerprint density at radius 3 is 3.11 bits per heavy atom. The van der Waals surface area contributed by atoms with E-state index >= 15 is 0 Å². The van der Waals surface area contributed by atoms with Gasteiger partial charge in [-0.15, -0.1) is 0 Å². The Balaban J connectivity index is 2.09. The van der Waals surface area contributed by atoms with Crippen LogP contribution >= 0.6 is 0 Å². The molecule has 2 aromatic rings. The van der Waals surface area contributed by atoms with Crippen molar-refractivity contribution in [2.24, 2.45) is 0 Å². The largest absolute Gasteiger partial charge is 0.356 e. The lowest BCUT2D eigenvalue weighted by atomic mass is 10.2. The van der Waals surface area contributed by atoms with Gasteiger partial charge in [-0.1, -0.05) is 0 Å². The molecule has 0 bridgehead atoms. The molecule has 0 amide bonds. The maximum absolute atomic E-state index is 10.8. The van der Waals surface area contributed by atoms with Crippen LogP contribution in [0.25, 0.3) is 11.0 Å². The number of fused-ring (bicyclic) bond motifs is 1. The van der Waals surface area contributed by atoms with Gasteiger partial charge in [0.05, 0.1) is 5.69 Å². The third-order valence-electron chi connectivity index (χ3n) is 3.32. The van der Waals surface area contributed by atoms with E-state index in [0.29, 0.717) is 5.56 Å². The SMILES string of the molecule is Cc1nn(C2CCCCO2)c2ncc(C=O)cc12. The second-order valence-electron chi connectivity index (χ2n) is 4.61. The fourth-order valence-corrected chi connectivity index (χ4v) is 2.37. The first-order chi connectivity index (χ1) is 8.79. The van der Waals surface area contributed by atoms with Crippen LogP contribution in [-0.2, 0) is 4.74 Å². The number of carbonyl (C=O) groups is 1. The highest BCUT2D eigenvalue weighted by molar-refractivity contribution is 5.85. The van der Waals surface area contributed by atoms with Gasteiger partial charge in [0.15, 0.2) is 18.2 Å². The zero-order chi connectivity index (χ0) is 12.5. The van der Waals surface area contributed by atoms with Gasteiger partial charge < -0.3 is 4.74 Å². The van der Waals surface area contributed by atoms with Crippen molar-refractivity contribution >= 4 is 17.3 Å². The average molecular weight is 245 g/mol. The van der Waals surface area contributed by atoms with Gasteiger partial charge in [0, 0.05) is 23.8 Å². The van der Waals surface area contributed by atoms with Crippen molar-refractivity contribution < 1.29 is 9.53 Å². The molecule has 1 aliphatic rings. The summed E-state index contributed by atoms with van der Waals surface area (Å²) in [7, 11) is 0. The van der Waals surface area contributed by atoms with E-state index in [-0.39, 0.29) is 6.23 Å². The Kier molecular flexibility index (Phi) is 2.83. The number of hydrogen-bond donors (Lipinski definition) is 0. The second-order valence-corrected chi connectivity index (χ2v) is 4.61. The number of rotatable bonds is 2. The Morgan fingerprint density at radius 1 is 1.50 bits per heavy atom. The van der Waals surface area contributed by atoms with Gasteiger partial charge in [-0.25, -0.2) is 9.67 Å². The topological polar surface area (TPSA) is 57.0 Å². The molecule has 0 aliphatic carbocycles. The van der Waals surface area contributed by atoms with Gasteiger partial charge in [-0.05, 0) is 32.3 Å². The molecular formula is C13H15N3O2. The van der Waals surface area contributed by atoms with Crippen LogP contribution in [0.5, 0.6) is 0 Å². The highest BCUT2D eigenvalue weighted by Crippen LogP contribution is 2.26. The number of nitrogens with zero attached hydrogens (tertiary/aromatic N) is 3. The molecule has 2 aromatic heterocycles. The average Bonchev–Trinajstić information content (AvgIpc) is 2.77. The Labute approximate surface area is 105 Å². The molecule has 5 heteroatoms. The molecule has 0 radical (unpaired) electrons. The third-order valence-corrected chi connectivity index (χ3v) is 3.32. The van der Waals surface area contributed by atoms with Crippen molar-refractivity contribution in [1.82, 2.24) is 14.8 Å². The monoisotopic (exact) mass is 245 g/mol. The van der Waals surface area contributed by atoms with Crippen LogP contribution in [0, 0.1) is 6.92 Å². The fraction of sp³-hybridized carbons (Fsp3) is 0.462. The molecule has 0 saturated carbocycles. The fourth-order valence-electron chi connectivity index (χ4n) is 2.37. The summed E-state index contributed by atoms with van der Waals surface area (Å²) in [6.45, 7) is 2.70. The number of aryl methyl sites for hydroxylation is 1. The summed E-state index contributed by atoms with van der Waals surface area (Å²) < 4.78 is 7.58. The van der Waals surface area contributed by atoms with Crippen molar-refractivity contribution in [3.05, 3.63) is 23.5 Å². The molecular weight excluding hydrogens is 230 g/mol. The zero-order valence-corrected chi connectivity index (χ0v) is 10.3. The van der Waals surface area contributed by atoms with E-state index in [2.05, 4.69) is 10.1 Å². The van der Waals surface area contributed by atoms with Gasteiger partial charge in [-0.3, -0.25) is 4.79 Å². The number of pyridine rings is 1. The van der Waals surface area contributed by atoms with Crippen LogP contribution in [0.1, 0.15) is 41.5 Å². The van der Waals surface area contributed by atoms with Crippen molar-refractivity contribution in [2.75, 3.05) is 6.61 Å². The molecule has 5 nitrogen and oxygen atoms in total. The highest BCUT2D eigenvalue weighted by atomic mass is 16.5. The lowest BCUT2D eigenvalue weighted by Gasteiger charge is -2.22. The smallest absolute Gasteiger partial charge is 0.160 e. The molecule has 0 spiro atoms. The first kappa shape index (κ1) is 11.3. The minimum absolute atomic E-state index is 0.0236. The lowest BCUT2D eigenvalue weighted by Crippen LogP contribution is -2.19. The standard InChI is InChI=1S/C13H15N3O2/c1-9-11-6-10(8-17)7-14-13(11)16(15-9)12-4-2-3-5-18-12/h6-8,12H,2-5H2,1H3. The van der Waals surface area contributed by atoms with Gasteiger partial charge in [0.1, 0.15) is 0 Å². The maximum Gasteiger partial charge on any atom is 0.160 e. The van der Waals surface area contributed by atoms with Crippen molar-refractivity contribution in [3.63, 3.8) is 0 Å². The summed E-state index contributed by atoms with van der Waals surface area (Å²) >= 11 is 0. The Bertz CT molecular complexity index is 585. The predicted molar refractivity (Wildman–Crippen MR) is 66.5 cm³/mol. The highest BCUT2D eigenvalue weighted by Gasteiger charge is 2.20. The maximum atomic E-state index is 10.8. The van der Waals surface area contributed by atoms with Crippen LogP contribution in [0.2, 0.25) is 0 Å². The molecule has 0 N–H and O–H groups in total. The Hall–Kier alpha value is -1.75. The number of hydrogen-bond acceptors (Lipinski definition) is 4. The van der Waals surface area contributed by atoms with Gasteiger partial charge in [-0.2, -0.15) is 5.10 Å². The number of aromatic nitrogens is 3. The van der Waals surface area contributed by atoms with Crippen LogP contribution in [0.15, 0.2) is 12.3 Å². The molecule has 1 fully saturated rings. The molecule has 1 unspecified atom stereocenters. The first-order valence-electron chi connectivity index (χ1n) is 6.21. The minimum Gasteiger partial charge on any atom is -0.356 e. The van der Waals surface area contributed by atoms with Crippen LogP contribution in [0.3, 0.4) is 0 Å². The predicted octanol–water partition coefficient (Wildman–Crippen LogP) is 2.25. The number of ether oxygens (including phenoxy) is 1. The van der Waals surface area contributed by atoms with Crippen molar-refractivity contribution in [2.45, 2.75) is 32.4 Å². The van der Waals surface area contributed by atoms with Crippen molar-refractivity contribution in [3.8, 4) is 0 Å². The first-order valence-corrected chi connectivity index (χ1v) is 6.21. The summed E-state index contributed by atoms with van der Waals surface area (Å²) in [6.07, 6.45) is 5.59. The van der Waals surface area contributed by atoms with E-state index in [9.17, 15) is 4.79 Å². The lowest BCUT2D eigenvalue weighted by molar-refractivity contribution is -0.0371. The van der Waals surface area contributed by atoms with Crippen LogP contribution < -0.4 is 0 Å². The van der Waals surface area contributed by atoms with Crippen LogP contribution in [-0.4, -0.2) is 27.7 Å². The van der Waals surface area contributed by atoms with Gasteiger partial charge in [0.2, 0.25) is 0 Å². The normalized spacial score (nSPS) is 20.2. The summed E-state index contributed by atoms with van der Waals surface area (Å²) in [5, 5.41) is 5.43. The van der Waals surface area contributed by atoms with E-state index in [1.807, 2.05) is 17.7 Å². The van der Waals surface area contributed by atoms with E-state index in [4.69, 9.17) is 4.74 Å². The zero-order valence-electron chi connectivity index (χ0n) is 10.3. The number of aldehydes is 1. The quantitative estimate of drug-likeness (QED) is 0.761. The van der Waals surface area contributed by atoms with E-state index in [0.717, 1.165) is 48.9 Å². The molecule has 94 valence electrons. The van der Waals surface area contributed by atoms with Crippen LogP contribution in [0.4, 0.5) is 0 Å². The molecule has 18 heavy (non-hydrogen) atoms. The summed E-state index contributed by atoms with van der Waals surface area (Å²) in [4.78, 5) is 15.1. The molecule has 3 heterocycles. The molecule has 0 aromatic carbocycles. The van der Waals surface area contributed by atoms with Crippen molar-refractivity contribution in [1.29, 1.82) is 0 Å². The Morgan fingerprint density at radius 2 is 2.39 bits per heavy atom. The molecule has 3 rings (SSSR count). The second kappa shape index (κ2) is 4.49. The summed E-state index contributed by atoms with van der Waals surface area (Å²) in [6, 6.07) is 1.83. The van der Waals surface area contributed by atoms with Gasteiger partial charge >= 0.3 is 0 Å². The third kappa shape index (κ3) is 1.80. The minimum atomic E-state index is -0.0236. The van der Waals surface area contributed by atoms with E-state index < -0.39 is 0 Å². The number of carbonyl (C=O) groups excluding carboxylic acids is 1. The van der Waals surface area contributed by atoms with Gasteiger partial charge in [0.25, 0.3) is 0 Å². The van der Waals surface area contributed by atoms with E-state index in [1.165, 1.54) is 0 Å². The summed E-state index contributed by atoms with van der Waals surface area (Å²) in [5.74, 6) is 0. The van der Waals surface area contributed by atoms with E-state index in [1.54, 1.807) is 6.20 Å². The molecule has 1 aliphatic heterocycles.